The molecular weight excluding hydrogens is 276 g/mol. The standard InChI is InChI=1S/C16H11ClOS/c17-13-6-4-11(5-7-13)10-15(18)14-3-1-2-12-8-9-19-16(12)14/h1-9H,10H2. The summed E-state index contributed by atoms with van der Waals surface area (Å²) in [5.41, 5.74) is 1.80. The Morgan fingerprint density at radius 2 is 1.84 bits per heavy atom. The van der Waals surface area contributed by atoms with E-state index in [-0.39, 0.29) is 5.78 Å². The Kier molecular flexibility index (Phi) is 3.36. The fourth-order valence-corrected chi connectivity index (χ4v) is 3.15. The Morgan fingerprint density at radius 3 is 2.63 bits per heavy atom. The molecule has 94 valence electrons. The summed E-state index contributed by atoms with van der Waals surface area (Å²) in [6, 6.07) is 15.3. The van der Waals surface area contributed by atoms with Crippen LogP contribution in [0.2, 0.25) is 5.02 Å². The van der Waals surface area contributed by atoms with Gasteiger partial charge in [-0.15, -0.1) is 11.3 Å². The molecule has 1 nitrogen and oxygen atoms in total. The molecule has 1 heterocycles. The van der Waals surface area contributed by atoms with Gasteiger partial charge in [0, 0.05) is 21.7 Å². The van der Waals surface area contributed by atoms with Crippen molar-refractivity contribution in [1.29, 1.82) is 0 Å². The van der Waals surface area contributed by atoms with Crippen molar-refractivity contribution in [2.75, 3.05) is 0 Å². The maximum atomic E-state index is 12.4. The average molecular weight is 287 g/mol. The molecule has 0 spiro atoms. The number of Topliss-reactive ketones (excluding diaryl/α,β-unsaturated/α-hetero) is 1. The molecule has 19 heavy (non-hydrogen) atoms. The lowest BCUT2D eigenvalue weighted by Gasteiger charge is -2.03. The number of thiophene rings is 1. The maximum Gasteiger partial charge on any atom is 0.168 e. The van der Waals surface area contributed by atoms with E-state index in [9.17, 15) is 4.79 Å². The fourth-order valence-electron chi connectivity index (χ4n) is 2.10. The third-order valence-corrected chi connectivity index (χ3v) is 4.27. The summed E-state index contributed by atoms with van der Waals surface area (Å²) in [6.07, 6.45) is 0.411. The van der Waals surface area contributed by atoms with Crippen molar-refractivity contribution in [2.24, 2.45) is 0 Å². The van der Waals surface area contributed by atoms with Crippen LogP contribution < -0.4 is 0 Å². The Labute approximate surface area is 120 Å². The van der Waals surface area contributed by atoms with Crippen molar-refractivity contribution in [3.63, 3.8) is 0 Å². The van der Waals surface area contributed by atoms with Gasteiger partial charge in [-0.05, 0) is 40.6 Å². The van der Waals surface area contributed by atoms with Crippen LogP contribution in [0.5, 0.6) is 0 Å². The Bertz CT molecular complexity index is 728. The molecule has 3 heteroatoms. The Balaban J connectivity index is 1.92. The highest BCUT2D eigenvalue weighted by atomic mass is 35.5. The highest BCUT2D eigenvalue weighted by molar-refractivity contribution is 7.17. The van der Waals surface area contributed by atoms with Gasteiger partial charge in [0.05, 0.1) is 0 Å². The molecule has 0 atom stereocenters. The zero-order valence-electron chi connectivity index (χ0n) is 10.1. The number of rotatable bonds is 3. The number of halogens is 1. The molecule has 2 aromatic carbocycles. The van der Waals surface area contributed by atoms with E-state index < -0.39 is 0 Å². The lowest BCUT2D eigenvalue weighted by atomic mass is 10.0. The first-order valence-corrected chi connectivity index (χ1v) is 7.24. The van der Waals surface area contributed by atoms with E-state index >= 15 is 0 Å². The number of fused-ring (bicyclic) bond motifs is 1. The molecule has 3 rings (SSSR count). The second-order valence-corrected chi connectivity index (χ2v) is 5.72. The van der Waals surface area contributed by atoms with Gasteiger partial charge in [0.1, 0.15) is 0 Å². The van der Waals surface area contributed by atoms with Crippen LogP contribution in [0, 0.1) is 0 Å². The summed E-state index contributed by atoms with van der Waals surface area (Å²) < 4.78 is 1.07. The molecule has 0 amide bonds. The maximum absolute atomic E-state index is 12.4. The van der Waals surface area contributed by atoms with Gasteiger partial charge >= 0.3 is 0 Å². The van der Waals surface area contributed by atoms with Crippen LogP contribution in [0.25, 0.3) is 10.1 Å². The van der Waals surface area contributed by atoms with E-state index in [4.69, 9.17) is 11.6 Å². The third kappa shape index (κ3) is 2.55. The van der Waals surface area contributed by atoms with Crippen molar-refractivity contribution in [3.05, 3.63) is 70.1 Å². The van der Waals surface area contributed by atoms with Crippen LogP contribution in [0.4, 0.5) is 0 Å². The number of carbonyl (C=O) groups is 1. The minimum Gasteiger partial charge on any atom is -0.294 e. The Hall–Kier alpha value is -1.64. The van der Waals surface area contributed by atoms with Gasteiger partial charge in [0.15, 0.2) is 5.78 Å². The molecule has 0 saturated carbocycles. The number of benzene rings is 2. The van der Waals surface area contributed by atoms with Crippen molar-refractivity contribution in [3.8, 4) is 0 Å². The monoisotopic (exact) mass is 286 g/mol. The van der Waals surface area contributed by atoms with Gasteiger partial charge in [-0.25, -0.2) is 0 Å². The quantitative estimate of drug-likeness (QED) is 0.621. The molecular formula is C16H11ClOS. The van der Waals surface area contributed by atoms with Gasteiger partial charge in [-0.3, -0.25) is 4.79 Å². The first-order valence-electron chi connectivity index (χ1n) is 5.98. The summed E-state index contributed by atoms with van der Waals surface area (Å²) in [6.45, 7) is 0. The third-order valence-electron chi connectivity index (χ3n) is 3.06. The molecule has 0 saturated heterocycles. The topological polar surface area (TPSA) is 17.1 Å². The number of carbonyl (C=O) groups excluding carboxylic acids is 1. The zero-order valence-corrected chi connectivity index (χ0v) is 11.7. The van der Waals surface area contributed by atoms with Crippen LogP contribution >= 0.6 is 22.9 Å². The number of ketones is 1. The first-order chi connectivity index (χ1) is 9.24. The number of hydrogen-bond donors (Lipinski definition) is 0. The molecule has 0 bridgehead atoms. The molecule has 0 aliphatic carbocycles. The van der Waals surface area contributed by atoms with Crippen molar-refractivity contribution in [2.45, 2.75) is 6.42 Å². The van der Waals surface area contributed by atoms with Gasteiger partial charge in [0.25, 0.3) is 0 Å². The average Bonchev–Trinajstić information content (AvgIpc) is 2.89. The van der Waals surface area contributed by atoms with Gasteiger partial charge in [-0.1, -0.05) is 35.9 Å². The zero-order chi connectivity index (χ0) is 13.2. The van der Waals surface area contributed by atoms with Crippen LogP contribution in [-0.4, -0.2) is 5.78 Å². The van der Waals surface area contributed by atoms with E-state index in [1.165, 1.54) is 0 Å². The SMILES string of the molecule is O=C(Cc1ccc(Cl)cc1)c1cccc2ccsc12. The highest BCUT2D eigenvalue weighted by Crippen LogP contribution is 2.25. The summed E-state index contributed by atoms with van der Waals surface area (Å²) >= 11 is 7.46. The van der Waals surface area contributed by atoms with E-state index in [2.05, 4.69) is 0 Å². The minimum atomic E-state index is 0.148. The van der Waals surface area contributed by atoms with Crippen molar-refractivity contribution in [1.82, 2.24) is 0 Å². The van der Waals surface area contributed by atoms with E-state index in [1.54, 1.807) is 11.3 Å². The lowest BCUT2D eigenvalue weighted by Crippen LogP contribution is -2.03. The van der Waals surface area contributed by atoms with E-state index in [0.29, 0.717) is 11.4 Å². The normalized spacial score (nSPS) is 10.8. The highest BCUT2D eigenvalue weighted by Gasteiger charge is 2.11. The van der Waals surface area contributed by atoms with Crippen LogP contribution in [-0.2, 0) is 6.42 Å². The molecule has 0 unspecified atom stereocenters. The van der Waals surface area contributed by atoms with E-state index in [1.807, 2.05) is 53.9 Å². The van der Waals surface area contributed by atoms with Crippen molar-refractivity contribution >= 4 is 38.8 Å². The molecule has 0 aliphatic heterocycles. The summed E-state index contributed by atoms with van der Waals surface area (Å²) in [5.74, 6) is 0.148. The van der Waals surface area contributed by atoms with Gasteiger partial charge < -0.3 is 0 Å². The molecule has 0 fully saturated rings. The predicted molar refractivity (Wildman–Crippen MR) is 81.3 cm³/mol. The molecule has 0 aliphatic rings. The summed E-state index contributed by atoms with van der Waals surface area (Å²) in [5, 5.41) is 3.84. The largest absolute Gasteiger partial charge is 0.294 e. The molecule has 0 N–H and O–H groups in total. The minimum absolute atomic E-state index is 0.148. The lowest BCUT2D eigenvalue weighted by molar-refractivity contribution is 0.0994. The Morgan fingerprint density at radius 1 is 1.05 bits per heavy atom. The fraction of sp³-hybridized carbons (Fsp3) is 0.0625. The second-order valence-electron chi connectivity index (χ2n) is 4.37. The number of hydrogen-bond acceptors (Lipinski definition) is 2. The smallest absolute Gasteiger partial charge is 0.168 e. The van der Waals surface area contributed by atoms with Crippen LogP contribution in [0.3, 0.4) is 0 Å². The van der Waals surface area contributed by atoms with Crippen LogP contribution in [0.1, 0.15) is 15.9 Å². The molecule has 0 radical (unpaired) electrons. The predicted octanol–water partition coefficient (Wildman–Crippen LogP) is 4.98. The van der Waals surface area contributed by atoms with E-state index in [0.717, 1.165) is 21.2 Å². The first kappa shape index (κ1) is 12.4. The van der Waals surface area contributed by atoms with Gasteiger partial charge in [0.2, 0.25) is 0 Å². The summed E-state index contributed by atoms with van der Waals surface area (Å²) in [4.78, 5) is 12.4. The second kappa shape index (κ2) is 5.16. The summed E-state index contributed by atoms with van der Waals surface area (Å²) in [7, 11) is 0. The van der Waals surface area contributed by atoms with Gasteiger partial charge in [-0.2, -0.15) is 0 Å². The van der Waals surface area contributed by atoms with Crippen LogP contribution in [0.15, 0.2) is 53.9 Å². The molecule has 1 aromatic heterocycles. The van der Waals surface area contributed by atoms with Crippen molar-refractivity contribution < 1.29 is 4.79 Å². The molecule has 3 aromatic rings.